The van der Waals surface area contributed by atoms with Gasteiger partial charge in [-0.2, -0.15) is 0 Å². The maximum atomic E-state index is 12.1. The van der Waals surface area contributed by atoms with Crippen molar-refractivity contribution in [2.45, 2.75) is 20.3 Å². The fourth-order valence-electron chi connectivity index (χ4n) is 1.67. The normalized spacial score (nSPS) is 10.5. The van der Waals surface area contributed by atoms with Crippen LogP contribution in [-0.2, 0) is 6.42 Å². The number of carbonyl (C=O) groups excluding carboxylic acids is 1. The number of aromatic nitrogens is 1. The van der Waals surface area contributed by atoms with Crippen LogP contribution >= 0.6 is 27.3 Å². The lowest BCUT2D eigenvalue weighted by molar-refractivity contribution is 0.0992. The van der Waals surface area contributed by atoms with E-state index in [-0.39, 0.29) is 5.78 Å². The van der Waals surface area contributed by atoms with Crippen LogP contribution in [0.15, 0.2) is 28.1 Å². The van der Waals surface area contributed by atoms with Crippen molar-refractivity contribution >= 4 is 33.0 Å². The third-order valence-electron chi connectivity index (χ3n) is 2.54. The first-order valence-electron chi connectivity index (χ1n) is 5.27. The molecule has 2 aromatic heterocycles. The summed E-state index contributed by atoms with van der Waals surface area (Å²) in [7, 11) is 0. The first kappa shape index (κ1) is 12.5. The maximum absolute atomic E-state index is 12.1. The zero-order valence-corrected chi connectivity index (χ0v) is 12.1. The molecule has 0 N–H and O–H groups in total. The molecule has 0 amide bonds. The molecule has 0 bridgehead atoms. The van der Waals surface area contributed by atoms with Gasteiger partial charge in [0.15, 0.2) is 5.78 Å². The quantitative estimate of drug-likeness (QED) is 0.804. The second-order valence-corrected chi connectivity index (χ2v) is 5.73. The van der Waals surface area contributed by atoms with Gasteiger partial charge < -0.3 is 0 Å². The van der Waals surface area contributed by atoms with Gasteiger partial charge in [0.05, 0.1) is 0 Å². The third-order valence-corrected chi connectivity index (χ3v) is 4.46. The number of nitrogens with zero attached hydrogens (tertiary/aromatic N) is 1. The third kappa shape index (κ3) is 2.82. The van der Waals surface area contributed by atoms with Crippen molar-refractivity contribution in [3.63, 3.8) is 0 Å². The van der Waals surface area contributed by atoms with E-state index in [9.17, 15) is 4.79 Å². The molecule has 2 heterocycles. The number of hydrogen-bond acceptors (Lipinski definition) is 3. The van der Waals surface area contributed by atoms with E-state index in [0.29, 0.717) is 6.42 Å². The van der Waals surface area contributed by atoms with Crippen molar-refractivity contribution in [3.05, 3.63) is 49.9 Å². The second kappa shape index (κ2) is 5.10. The number of carbonyl (C=O) groups is 1. The summed E-state index contributed by atoms with van der Waals surface area (Å²) in [6.07, 6.45) is 0.434. The molecule has 0 saturated carbocycles. The molecule has 17 heavy (non-hydrogen) atoms. The summed E-state index contributed by atoms with van der Waals surface area (Å²) in [6, 6.07) is 5.71. The van der Waals surface area contributed by atoms with Crippen LogP contribution in [0.4, 0.5) is 0 Å². The lowest BCUT2D eigenvalue weighted by Gasteiger charge is -2.04. The van der Waals surface area contributed by atoms with Crippen LogP contribution in [0.5, 0.6) is 0 Å². The van der Waals surface area contributed by atoms with E-state index < -0.39 is 0 Å². The molecule has 4 heteroatoms. The molecule has 0 aliphatic carbocycles. The molecule has 0 radical (unpaired) electrons. The van der Waals surface area contributed by atoms with Crippen molar-refractivity contribution in [1.82, 2.24) is 4.98 Å². The van der Waals surface area contributed by atoms with Gasteiger partial charge in [0.25, 0.3) is 0 Å². The number of aryl methyl sites for hydroxylation is 2. The number of rotatable bonds is 3. The maximum Gasteiger partial charge on any atom is 0.169 e. The molecule has 2 rings (SSSR count). The van der Waals surface area contributed by atoms with Crippen LogP contribution in [0.25, 0.3) is 0 Å². The topological polar surface area (TPSA) is 30.0 Å². The highest BCUT2D eigenvalue weighted by Gasteiger charge is 2.13. The van der Waals surface area contributed by atoms with Gasteiger partial charge in [-0.25, -0.2) is 0 Å². The number of hydrogen-bond donors (Lipinski definition) is 0. The molecule has 0 fully saturated rings. The number of thiophene rings is 1. The van der Waals surface area contributed by atoms with Gasteiger partial charge in [-0.3, -0.25) is 9.78 Å². The summed E-state index contributed by atoms with van der Waals surface area (Å²) < 4.78 is 1.01. The minimum Gasteiger partial charge on any atom is -0.294 e. The van der Waals surface area contributed by atoms with Gasteiger partial charge in [0.1, 0.15) is 0 Å². The average molecular weight is 310 g/mol. The molecule has 0 aliphatic heterocycles. The Morgan fingerprint density at radius 2 is 2.12 bits per heavy atom. The highest BCUT2D eigenvalue weighted by atomic mass is 79.9. The number of halogens is 1. The van der Waals surface area contributed by atoms with Gasteiger partial charge in [-0.1, -0.05) is 0 Å². The molecular weight excluding hydrogens is 298 g/mol. The van der Waals surface area contributed by atoms with Gasteiger partial charge in [0, 0.05) is 32.7 Å². The second-order valence-electron chi connectivity index (χ2n) is 3.88. The van der Waals surface area contributed by atoms with Crippen molar-refractivity contribution in [2.24, 2.45) is 0 Å². The summed E-state index contributed by atoms with van der Waals surface area (Å²) in [5.41, 5.74) is 2.47. The molecular formula is C13H12BrNOS. The molecule has 0 aliphatic rings. The fourth-order valence-corrected chi connectivity index (χ4v) is 3.16. The van der Waals surface area contributed by atoms with Crippen molar-refractivity contribution in [2.75, 3.05) is 0 Å². The van der Waals surface area contributed by atoms with Gasteiger partial charge >= 0.3 is 0 Å². The van der Waals surface area contributed by atoms with Crippen molar-refractivity contribution < 1.29 is 4.79 Å². The van der Waals surface area contributed by atoms with Crippen LogP contribution in [0, 0.1) is 13.8 Å². The minimum absolute atomic E-state index is 0.123. The van der Waals surface area contributed by atoms with E-state index >= 15 is 0 Å². The molecule has 88 valence electrons. The van der Waals surface area contributed by atoms with E-state index in [1.807, 2.05) is 37.4 Å². The summed E-state index contributed by atoms with van der Waals surface area (Å²) in [4.78, 5) is 17.5. The summed E-state index contributed by atoms with van der Waals surface area (Å²) in [5, 5.41) is 1.98. The molecule has 2 nitrogen and oxygen atoms in total. The van der Waals surface area contributed by atoms with Crippen LogP contribution in [0.1, 0.15) is 26.6 Å². The highest BCUT2D eigenvalue weighted by Crippen LogP contribution is 2.24. The first-order chi connectivity index (χ1) is 8.08. The zero-order valence-electron chi connectivity index (χ0n) is 9.66. The molecule has 0 unspecified atom stereocenters. The first-order valence-corrected chi connectivity index (χ1v) is 6.94. The molecule has 2 aromatic rings. The summed E-state index contributed by atoms with van der Waals surface area (Å²) in [5.74, 6) is 0.123. The number of pyridine rings is 1. The SMILES string of the molecule is Cc1ccc(C(=O)Cc2sccc2Br)c(C)n1. The summed E-state index contributed by atoms with van der Waals surface area (Å²) in [6.45, 7) is 3.81. The molecule has 0 aromatic carbocycles. The van der Waals surface area contributed by atoms with Gasteiger partial charge in [-0.05, 0) is 53.4 Å². The van der Waals surface area contributed by atoms with Crippen molar-refractivity contribution in [3.8, 4) is 0 Å². The Morgan fingerprint density at radius 3 is 2.71 bits per heavy atom. The Kier molecular flexibility index (Phi) is 3.74. The van der Waals surface area contributed by atoms with Crippen LogP contribution in [0.2, 0.25) is 0 Å². The highest BCUT2D eigenvalue weighted by molar-refractivity contribution is 9.10. The van der Waals surface area contributed by atoms with Crippen molar-refractivity contribution in [1.29, 1.82) is 0 Å². The Hall–Kier alpha value is -1.00. The Balaban J connectivity index is 2.23. The Bertz CT molecular complexity index is 562. The largest absolute Gasteiger partial charge is 0.294 e. The average Bonchev–Trinajstić information content (AvgIpc) is 2.64. The van der Waals surface area contributed by atoms with Crippen LogP contribution in [0.3, 0.4) is 0 Å². The predicted octanol–water partition coefficient (Wildman–Crippen LogP) is 3.95. The lowest BCUT2D eigenvalue weighted by atomic mass is 10.1. The smallest absolute Gasteiger partial charge is 0.169 e. The van der Waals surface area contributed by atoms with Crippen LogP contribution < -0.4 is 0 Å². The molecule has 0 spiro atoms. The van der Waals surface area contributed by atoms with Crippen LogP contribution in [-0.4, -0.2) is 10.8 Å². The number of Topliss-reactive ketones (excluding diaryl/α,β-unsaturated/α-hetero) is 1. The van der Waals surface area contributed by atoms with Gasteiger partial charge in [0.2, 0.25) is 0 Å². The Morgan fingerprint density at radius 1 is 1.35 bits per heavy atom. The standard InChI is InChI=1S/C13H12BrNOS/c1-8-3-4-10(9(2)15-8)12(16)7-13-11(14)5-6-17-13/h3-6H,7H2,1-2H3. The fraction of sp³-hybridized carbons (Fsp3) is 0.231. The number of ketones is 1. The van der Waals surface area contributed by atoms with E-state index in [1.165, 1.54) is 0 Å². The van der Waals surface area contributed by atoms with E-state index in [1.54, 1.807) is 11.3 Å². The van der Waals surface area contributed by atoms with Gasteiger partial charge in [-0.15, -0.1) is 11.3 Å². The van der Waals surface area contributed by atoms with E-state index in [0.717, 1.165) is 26.3 Å². The van der Waals surface area contributed by atoms with E-state index in [4.69, 9.17) is 0 Å². The monoisotopic (exact) mass is 309 g/mol. The lowest BCUT2D eigenvalue weighted by Crippen LogP contribution is -2.06. The molecule has 0 saturated heterocycles. The zero-order chi connectivity index (χ0) is 12.4. The minimum atomic E-state index is 0.123. The van der Waals surface area contributed by atoms with E-state index in [2.05, 4.69) is 20.9 Å². The predicted molar refractivity (Wildman–Crippen MR) is 73.8 cm³/mol. The Labute approximate surface area is 113 Å². The molecule has 0 atom stereocenters. The summed E-state index contributed by atoms with van der Waals surface area (Å²) >= 11 is 5.03.